The molecule has 1 aliphatic carbocycles. The van der Waals surface area contributed by atoms with E-state index in [0.29, 0.717) is 0 Å². The summed E-state index contributed by atoms with van der Waals surface area (Å²) in [6, 6.07) is 0. The van der Waals surface area contributed by atoms with E-state index in [4.69, 9.17) is 0 Å². The number of carbonyl (C=O) groups excluding carboxylic acids is 1. The minimum Gasteiger partial charge on any atom is -0.303 e. The number of carbonyl (C=O) groups is 1. The number of hydrogen-bond donors (Lipinski definition) is 0. The van der Waals surface area contributed by atoms with Crippen molar-refractivity contribution in [3.63, 3.8) is 0 Å². The molecule has 0 aromatic carbocycles. The van der Waals surface area contributed by atoms with E-state index in [9.17, 15) is 4.79 Å². The molecule has 20 heavy (non-hydrogen) atoms. The van der Waals surface area contributed by atoms with Crippen LogP contribution in [0.5, 0.6) is 0 Å². The summed E-state index contributed by atoms with van der Waals surface area (Å²) in [6.07, 6.45) is 6.02. The van der Waals surface area contributed by atoms with Gasteiger partial charge in [-0.05, 0) is 24.7 Å². The Morgan fingerprint density at radius 1 is 1.20 bits per heavy atom. The minimum absolute atomic E-state index is 0.0438. The second-order valence-electron chi connectivity index (χ2n) is 7.65. The molecule has 0 spiro atoms. The Kier molecular flexibility index (Phi) is 5.62. The summed E-state index contributed by atoms with van der Waals surface area (Å²) >= 11 is 0. The van der Waals surface area contributed by atoms with Crippen LogP contribution in [0.15, 0.2) is 0 Å². The molecule has 116 valence electrons. The molecule has 0 radical (unpaired) electrons. The van der Waals surface area contributed by atoms with Crippen LogP contribution in [0.1, 0.15) is 46.5 Å². The van der Waals surface area contributed by atoms with Crippen LogP contribution in [-0.2, 0) is 4.79 Å². The van der Waals surface area contributed by atoms with Crippen molar-refractivity contribution in [3.8, 4) is 0 Å². The van der Waals surface area contributed by atoms with E-state index in [1.165, 1.54) is 38.8 Å². The van der Waals surface area contributed by atoms with Crippen molar-refractivity contribution in [1.82, 2.24) is 9.80 Å². The Bertz CT molecular complexity index is 310. The molecule has 0 bridgehead atoms. The lowest BCUT2D eigenvalue weighted by atomic mass is 9.70. The fourth-order valence-electron chi connectivity index (χ4n) is 4.08. The lowest BCUT2D eigenvalue weighted by Gasteiger charge is -2.42. The molecule has 3 heteroatoms. The molecule has 1 saturated carbocycles. The SMILES string of the molecule is CC(C)CN1CCN(CC2(C=O)CCCC(C)C2)CC1. The van der Waals surface area contributed by atoms with Crippen molar-refractivity contribution in [1.29, 1.82) is 0 Å². The maximum Gasteiger partial charge on any atom is 0.127 e. The van der Waals surface area contributed by atoms with Crippen LogP contribution < -0.4 is 0 Å². The van der Waals surface area contributed by atoms with Crippen molar-refractivity contribution in [2.75, 3.05) is 39.3 Å². The van der Waals surface area contributed by atoms with Gasteiger partial charge in [0.25, 0.3) is 0 Å². The van der Waals surface area contributed by atoms with Crippen molar-refractivity contribution < 1.29 is 4.79 Å². The van der Waals surface area contributed by atoms with Gasteiger partial charge in [0, 0.05) is 44.7 Å². The standard InChI is InChI=1S/C17H32N2O/c1-15(2)12-18-7-9-19(10-8-18)13-17(14-20)6-4-5-16(3)11-17/h14-16H,4-13H2,1-3H3. The van der Waals surface area contributed by atoms with Crippen LogP contribution in [0.2, 0.25) is 0 Å². The summed E-state index contributed by atoms with van der Waals surface area (Å²) in [4.78, 5) is 16.8. The maximum absolute atomic E-state index is 11.7. The molecular formula is C17H32N2O. The first-order valence-electron chi connectivity index (χ1n) is 8.44. The topological polar surface area (TPSA) is 23.6 Å². The summed E-state index contributed by atoms with van der Waals surface area (Å²) in [7, 11) is 0. The van der Waals surface area contributed by atoms with Gasteiger partial charge in [-0.25, -0.2) is 0 Å². The number of hydrogen-bond acceptors (Lipinski definition) is 3. The van der Waals surface area contributed by atoms with Gasteiger partial charge in [0.05, 0.1) is 0 Å². The highest BCUT2D eigenvalue weighted by Crippen LogP contribution is 2.38. The van der Waals surface area contributed by atoms with Crippen LogP contribution in [0, 0.1) is 17.3 Å². The second-order valence-corrected chi connectivity index (χ2v) is 7.65. The molecular weight excluding hydrogens is 248 g/mol. The van der Waals surface area contributed by atoms with E-state index < -0.39 is 0 Å². The van der Waals surface area contributed by atoms with Crippen molar-refractivity contribution in [2.24, 2.45) is 17.3 Å². The molecule has 0 aromatic rings. The Balaban J connectivity index is 1.83. The number of rotatable bonds is 5. The van der Waals surface area contributed by atoms with Crippen molar-refractivity contribution in [2.45, 2.75) is 46.5 Å². The highest BCUT2D eigenvalue weighted by Gasteiger charge is 2.36. The minimum atomic E-state index is -0.0438. The third-order valence-corrected chi connectivity index (χ3v) is 5.00. The smallest absolute Gasteiger partial charge is 0.127 e. The molecule has 2 aliphatic rings. The third kappa shape index (κ3) is 4.29. The molecule has 0 aromatic heterocycles. The predicted molar refractivity (Wildman–Crippen MR) is 83.8 cm³/mol. The monoisotopic (exact) mass is 280 g/mol. The van der Waals surface area contributed by atoms with Crippen LogP contribution in [0.3, 0.4) is 0 Å². The molecule has 2 atom stereocenters. The van der Waals surface area contributed by atoms with Gasteiger partial charge in [-0.15, -0.1) is 0 Å². The van der Waals surface area contributed by atoms with E-state index in [0.717, 1.165) is 44.3 Å². The van der Waals surface area contributed by atoms with E-state index in [1.807, 2.05) is 0 Å². The first kappa shape index (κ1) is 16.0. The summed E-state index contributed by atoms with van der Waals surface area (Å²) in [5.74, 6) is 1.47. The van der Waals surface area contributed by atoms with E-state index in [1.54, 1.807) is 0 Å². The Morgan fingerprint density at radius 2 is 1.85 bits per heavy atom. The Labute approximate surface area is 124 Å². The molecule has 2 fully saturated rings. The Morgan fingerprint density at radius 3 is 2.40 bits per heavy atom. The number of piperazine rings is 1. The molecule has 2 rings (SSSR count). The number of aldehydes is 1. The highest BCUT2D eigenvalue weighted by molar-refractivity contribution is 5.60. The lowest BCUT2D eigenvalue weighted by molar-refractivity contribution is -0.120. The van der Waals surface area contributed by atoms with Gasteiger partial charge in [0.15, 0.2) is 0 Å². The average molecular weight is 280 g/mol. The van der Waals surface area contributed by atoms with Crippen LogP contribution >= 0.6 is 0 Å². The van der Waals surface area contributed by atoms with Crippen molar-refractivity contribution >= 4 is 6.29 Å². The quantitative estimate of drug-likeness (QED) is 0.723. The first-order chi connectivity index (χ1) is 9.53. The van der Waals surface area contributed by atoms with Gasteiger partial charge >= 0.3 is 0 Å². The lowest BCUT2D eigenvalue weighted by Crippen LogP contribution is -2.51. The first-order valence-corrected chi connectivity index (χ1v) is 8.44. The molecule has 1 saturated heterocycles. The van der Waals surface area contributed by atoms with Gasteiger partial charge in [0.2, 0.25) is 0 Å². The van der Waals surface area contributed by atoms with Crippen LogP contribution in [-0.4, -0.2) is 55.4 Å². The fraction of sp³-hybridized carbons (Fsp3) is 0.941. The predicted octanol–water partition coefficient (Wildman–Crippen LogP) is 2.66. The molecule has 1 heterocycles. The van der Waals surface area contributed by atoms with Gasteiger partial charge in [-0.2, -0.15) is 0 Å². The van der Waals surface area contributed by atoms with Gasteiger partial charge in [-0.3, -0.25) is 4.90 Å². The normalized spacial score (nSPS) is 33.5. The van der Waals surface area contributed by atoms with Gasteiger partial charge in [0.1, 0.15) is 6.29 Å². The molecule has 0 amide bonds. The van der Waals surface area contributed by atoms with Crippen molar-refractivity contribution in [3.05, 3.63) is 0 Å². The van der Waals surface area contributed by atoms with Crippen LogP contribution in [0.4, 0.5) is 0 Å². The van der Waals surface area contributed by atoms with E-state index >= 15 is 0 Å². The summed E-state index contributed by atoms with van der Waals surface area (Å²) in [6.45, 7) is 13.7. The molecule has 3 nitrogen and oxygen atoms in total. The second kappa shape index (κ2) is 7.04. The Hall–Kier alpha value is -0.410. The van der Waals surface area contributed by atoms with Gasteiger partial charge < -0.3 is 9.69 Å². The van der Waals surface area contributed by atoms with Gasteiger partial charge in [-0.1, -0.05) is 33.6 Å². The zero-order valence-corrected chi connectivity index (χ0v) is 13.6. The third-order valence-electron chi connectivity index (χ3n) is 5.00. The number of nitrogens with zero attached hydrogens (tertiary/aromatic N) is 2. The summed E-state index contributed by atoms with van der Waals surface area (Å²) in [5.41, 5.74) is -0.0438. The zero-order valence-electron chi connectivity index (χ0n) is 13.6. The van der Waals surface area contributed by atoms with Crippen LogP contribution in [0.25, 0.3) is 0 Å². The zero-order chi connectivity index (χ0) is 14.6. The maximum atomic E-state index is 11.7. The average Bonchev–Trinajstić information content (AvgIpc) is 2.40. The molecule has 0 N–H and O–H groups in total. The molecule has 2 unspecified atom stereocenters. The molecule has 1 aliphatic heterocycles. The van der Waals surface area contributed by atoms with E-state index in [-0.39, 0.29) is 5.41 Å². The van der Waals surface area contributed by atoms with E-state index in [2.05, 4.69) is 30.6 Å². The summed E-state index contributed by atoms with van der Waals surface area (Å²) in [5, 5.41) is 0. The fourth-order valence-corrected chi connectivity index (χ4v) is 4.08. The highest BCUT2D eigenvalue weighted by atomic mass is 16.1. The largest absolute Gasteiger partial charge is 0.303 e. The summed E-state index contributed by atoms with van der Waals surface area (Å²) < 4.78 is 0.